The highest BCUT2D eigenvalue weighted by Gasteiger charge is 2.11. The van der Waals surface area contributed by atoms with E-state index in [1.807, 2.05) is 26.0 Å². The predicted octanol–water partition coefficient (Wildman–Crippen LogP) is 1.71. The number of nitrogens with two attached hydrogens (primary N) is 1. The average Bonchev–Trinajstić information content (AvgIpc) is 2.21. The first-order valence-corrected chi connectivity index (χ1v) is 4.87. The summed E-state index contributed by atoms with van der Waals surface area (Å²) < 4.78 is 5.29. The monoisotopic (exact) mass is 204 g/mol. The second-order valence-electron chi connectivity index (χ2n) is 3.70. The van der Waals surface area contributed by atoms with Crippen molar-refractivity contribution in [1.82, 2.24) is 0 Å². The van der Waals surface area contributed by atoms with E-state index in [0.29, 0.717) is 6.42 Å². The van der Waals surface area contributed by atoms with Crippen molar-refractivity contribution >= 4 is 0 Å². The van der Waals surface area contributed by atoms with Gasteiger partial charge in [-0.1, -0.05) is 6.07 Å². The molecule has 0 aliphatic carbocycles. The van der Waals surface area contributed by atoms with Crippen LogP contribution in [0, 0.1) is 25.2 Å². The van der Waals surface area contributed by atoms with E-state index in [2.05, 4.69) is 6.07 Å². The first-order chi connectivity index (χ1) is 7.08. The Bertz CT molecular complexity index is 393. The maximum Gasteiger partial charge on any atom is 0.122 e. The van der Waals surface area contributed by atoms with E-state index >= 15 is 0 Å². The fourth-order valence-corrected chi connectivity index (χ4v) is 1.67. The number of hydrogen-bond acceptors (Lipinski definition) is 3. The van der Waals surface area contributed by atoms with E-state index in [0.717, 1.165) is 22.4 Å². The van der Waals surface area contributed by atoms with E-state index in [1.54, 1.807) is 7.11 Å². The fraction of sp³-hybridized carbons (Fsp3) is 0.417. The third kappa shape index (κ3) is 2.71. The van der Waals surface area contributed by atoms with Gasteiger partial charge in [0, 0.05) is 6.42 Å². The number of nitriles is 1. The van der Waals surface area contributed by atoms with Crippen LogP contribution in [0.3, 0.4) is 0 Å². The minimum Gasteiger partial charge on any atom is -0.496 e. The smallest absolute Gasteiger partial charge is 0.122 e. The third-order valence-electron chi connectivity index (χ3n) is 2.39. The second-order valence-corrected chi connectivity index (χ2v) is 3.70. The van der Waals surface area contributed by atoms with Gasteiger partial charge in [0.2, 0.25) is 0 Å². The van der Waals surface area contributed by atoms with Crippen molar-refractivity contribution in [2.75, 3.05) is 7.11 Å². The molecule has 0 aliphatic heterocycles. The highest BCUT2D eigenvalue weighted by atomic mass is 16.5. The van der Waals surface area contributed by atoms with Crippen LogP contribution in [-0.4, -0.2) is 13.2 Å². The molecule has 0 heterocycles. The lowest BCUT2D eigenvalue weighted by molar-refractivity contribution is 0.408. The maximum absolute atomic E-state index is 8.69. The molecule has 0 spiro atoms. The number of rotatable bonds is 3. The van der Waals surface area contributed by atoms with Gasteiger partial charge in [-0.3, -0.25) is 0 Å². The zero-order valence-corrected chi connectivity index (χ0v) is 9.37. The Morgan fingerprint density at radius 3 is 2.67 bits per heavy atom. The number of ether oxygens (including phenoxy) is 1. The third-order valence-corrected chi connectivity index (χ3v) is 2.39. The van der Waals surface area contributed by atoms with Crippen LogP contribution in [0.5, 0.6) is 5.75 Å². The number of nitrogens with zero attached hydrogens (tertiary/aromatic N) is 1. The number of methoxy groups -OCH3 is 1. The van der Waals surface area contributed by atoms with E-state index in [-0.39, 0.29) is 0 Å². The lowest BCUT2D eigenvalue weighted by Gasteiger charge is -2.13. The minimum atomic E-state index is -0.472. The van der Waals surface area contributed by atoms with Gasteiger partial charge in [-0.15, -0.1) is 0 Å². The lowest BCUT2D eigenvalue weighted by Crippen LogP contribution is -2.21. The zero-order chi connectivity index (χ0) is 11.4. The molecule has 1 rings (SSSR count). The van der Waals surface area contributed by atoms with Crippen LogP contribution in [0.25, 0.3) is 0 Å². The molecule has 0 amide bonds. The molecule has 0 aromatic heterocycles. The Balaban J connectivity index is 3.10. The van der Waals surface area contributed by atoms with E-state index in [1.165, 1.54) is 0 Å². The molecule has 0 aliphatic rings. The SMILES string of the molecule is COc1cc(C)cc(C)c1CC(N)C#N. The molecule has 0 bridgehead atoms. The normalized spacial score (nSPS) is 11.9. The molecule has 0 radical (unpaired) electrons. The molecule has 3 nitrogen and oxygen atoms in total. The van der Waals surface area contributed by atoms with E-state index in [4.69, 9.17) is 15.7 Å². The summed E-state index contributed by atoms with van der Waals surface area (Å²) in [5, 5.41) is 8.69. The van der Waals surface area contributed by atoms with Gasteiger partial charge in [0.15, 0.2) is 0 Å². The van der Waals surface area contributed by atoms with Crippen LogP contribution in [-0.2, 0) is 6.42 Å². The van der Waals surface area contributed by atoms with Crippen LogP contribution in [0.4, 0.5) is 0 Å². The molecule has 3 heteroatoms. The van der Waals surface area contributed by atoms with Crippen molar-refractivity contribution in [3.05, 3.63) is 28.8 Å². The molecule has 80 valence electrons. The first kappa shape index (κ1) is 11.5. The standard InChI is InChI=1S/C12H16N2O/c1-8-4-9(2)11(6-10(14)7-13)12(5-8)15-3/h4-5,10H,6,14H2,1-3H3. The zero-order valence-electron chi connectivity index (χ0n) is 9.37. The summed E-state index contributed by atoms with van der Waals surface area (Å²) in [4.78, 5) is 0. The molecule has 1 aromatic carbocycles. The van der Waals surface area contributed by atoms with Gasteiger partial charge < -0.3 is 10.5 Å². The molecule has 0 fully saturated rings. The summed E-state index contributed by atoms with van der Waals surface area (Å²) >= 11 is 0. The van der Waals surface area contributed by atoms with Crippen LogP contribution >= 0.6 is 0 Å². The molecule has 1 unspecified atom stereocenters. The Morgan fingerprint density at radius 2 is 2.13 bits per heavy atom. The van der Waals surface area contributed by atoms with Gasteiger partial charge in [-0.2, -0.15) is 5.26 Å². The number of aryl methyl sites for hydroxylation is 2. The van der Waals surface area contributed by atoms with Crippen molar-refractivity contribution < 1.29 is 4.74 Å². The van der Waals surface area contributed by atoms with Gasteiger partial charge in [0.25, 0.3) is 0 Å². The van der Waals surface area contributed by atoms with Crippen molar-refractivity contribution in [2.45, 2.75) is 26.3 Å². The summed E-state index contributed by atoms with van der Waals surface area (Å²) in [5.74, 6) is 0.818. The van der Waals surface area contributed by atoms with Crippen LogP contribution in [0.15, 0.2) is 12.1 Å². The highest BCUT2D eigenvalue weighted by molar-refractivity contribution is 5.43. The molecular weight excluding hydrogens is 188 g/mol. The van der Waals surface area contributed by atoms with Gasteiger partial charge in [-0.25, -0.2) is 0 Å². The summed E-state index contributed by atoms with van der Waals surface area (Å²) in [6.07, 6.45) is 0.534. The minimum absolute atomic E-state index is 0.472. The van der Waals surface area contributed by atoms with Crippen LogP contribution < -0.4 is 10.5 Å². The maximum atomic E-state index is 8.69. The van der Waals surface area contributed by atoms with E-state index < -0.39 is 6.04 Å². The largest absolute Gasteiger partial charge is 0.496 e. The average molecular weight is 204 g/mol. The Kier molecular flexibility index (Phi) is 3.70. The van der Waals surface area contributed by atoms with Crippen molar-refractivity contribution in [1.29, 1.82) is 5.26 Å². The van der Waals surface area contributed by atoms with Gasteiger partial charge in [0.1, 0.15) is 5.75 Å². The summed E-state index contributed by atoms with van der Waals surface area (Å²) in [6, 6.07) is 5.59. The quantitative estimate of drug-likeness (QED) is 0.815. The molecule has 1 atom stereocenters. The molecule has 2 N–H and O–H groups in total. The highest BCUT2D eigenvalue weighted by Crippen LogP contribution is 2.25. The fourth-order valence-electron chi connectivity index (χ4n) is 1.67. The molecular formula is C12H16N2O. The molecule has 15 heavy (non-hydrogen) atoms. The predicted molar refractivity (Wildman–Crippen MR) is 59.8 cm³/mol. The second kappa shape index (κ2) is 4.81. The first-order valence-electron chi connectivity index (χ1n) is 4.87. The van der Waals surface area contributed by atoms with Crippen molar-refractivity contribution in [2.24, 2.45) is 5.73 Å². The summed E-state index contributed by atoms with van der Waals surface area (Å²) in [6.45, 7) is 4.03. The van der Waals surface area contributed by atoms with Crippen molar-refractivity contribution in [3.63, 3.8) is 0 Å². The topological polar surface area (TPSA) is 59.0 Å². The molecule has 0 saturated carbocycles. The summed E-state index contributed by atoms with van der Waals surface area (Å²) in [5.41, 5.74) is 8.92. The van der Waals surface area contributed by atoms with Gasteiger partial charge >= 0.3 is 0 Å². The van der Waals surface area contributed by atoms with E-state index in [9.17, 15) is 0 Å². The number of hydrogen-bond donors (Lipinski definition) is 1. The summed E-state index contributed by atoms with van der Waals surface area (Å²) in [7, 11) is 1.63. The van der Waals surface area contributed by atoms with Crippen LogP contribution in [0.2, 0.25) is 0 Å². The van der Waals surface area contributed by atoms with Gasteiger partial charge in [-0.05, 0) is 36.6 Å². The molecule has 1 aromatic rings. The Hall–Kier alpha value is -1.53. The molecule has 0 saturated heterocycles. The van der Waals surface area contributed by atoms with Crippen LogP contribution in [0.1, 0.15) is 16.7 Å². The Labute approximate surface area is 90.5 Å². The van der Waals surface area contributed by atoms with Crippen molar-refractivity contribution in [3.8, 4) is 11.8 Å². The lowest BCUT2D eigenvalue weighted by atomic mass is 9.99. The van der Waals surface area contributed by atoms with Gasteiger partial charge in [0.05, 0.1) is 19.2 Å². The number of benzene rings is 1. The Morgan fingerprint density at radius 1 is 1.47 bits per heavy atom.